The van der Waals surface area contributed by atoms with Crippen LogP contribution < -0.4 is 5.32 Å². The smallest absolute Gasteiger partial charge is 0.331 e. The van der Waals surface area contributed by atoms with Crippen LogP contribution in [0.15, 0.2) is 24.8 Å². The minimum Gasteiger partial charge on any atom is -0.479 e. The first-order valence-electron chi connectivity index (χ1n) is 7.55. The number of hydrogen-bond acceptors (Lipinski definition) is 6. The van der Waals surface area contributed by atoms with Gasteiger partial charge in [-0.15, -0.1) is 0 Å². The number of carbonyl (C=O) groups is 1. The van der Waals surface area contributed by atoms with Gasteiger partial charge in [-0.25, -0.2) is 9.78 Å². The Bertz CT molecular complexity index is 894. The molecule has 3 heterocycles. The SMILES string of the molecule is CC(C)c1cc(Nc2cnn(C(C)(C)C(=O)O)c2)n2ncnc2n1. The van der Waals surface area contributed by atoms with Crippen molar-refractivity contribution in [2.45, 2.75) is 39.2 Å². The lowest BCUT2D eigenvalue weighted by molar-refractivity contribution is -0.146. The third-order valence-electron chi connectivity index (χ3n) is 3.81. The second-order valence-electron chi connectivity index (χ2n) is 6.36. The zero-order chi connectivity index (χ0) is 17.5. The van der Waals surface area contributed by atoms with Crippen LogP contribution in [0, 0.1) is 0 Å². The maximum atomic E-state index is 11.3. The first-order chi connectivity index (χ1) is 11.3. The Morgan fingerprint density at radius 1 is 1.33 bits per heavy atom. The Morgan fingerprint density at radius 3 is 2.75 bits per heavy atom. The highest BCUT2D eigenvalue weighted by atomic mass is 16.4. The molecule has 0 saturated carbocycles. The quantitative estimate of drug-likeness (QED) is 0.736. The van der Waals surface area contributed by atoms with Crippen LogP contribution in [0.25, 0.3) is 5.78 Å². The van der Waals surface area contributed by atoms with Crippen molar-refractivity contribution in [1.29, 1.82) is 0 Å². The normalized spacial score (nSPS) is 12.0. The lowest BCUT2D eigenvalue weighted by Gasteiger charge is -2.19. The van der Waals surface area contributed by atoms with Gasteiger partial charge in [0.05, 0.1) is 17.6 Å². The molecule has 9 nitrogen and oxygen atoms in total. The van der Waals surface area contributed by atoms with E-state index in [1.54, 1.807) is 30.8 Å². The van der Waals surface area contributed by atoms with Crippen LogP contribution in [-0.2, 0) is 10.3 Å². The summed E-state index contributed by atoms with van der Waals surface area (Å²) >= 11 is 0. The third-order valence-corrected chi connectivity index (χ3v) is 3.81. The highest BCUT2D eigenvalue weighted by molar-refractivity contribution is 5.75. The number of nitrogens with one attached hydrogen (secondary N) is 1. The summed E-state index contributed by atoms with van der Waals surface area (Å²) in [4.78, 5) is 19.9. The van der Waals surface area contributed by atoms with Gasteiger partial charge in [-0.1, -0.05) is 13.8 Å². The van der Waals surface area contributed by atoms with Crippen molar-refractivity contribution in [2.24, 2.45) is 0 Å². The van der Waals surface area contributed by atoms with Gasteiger partial charge >= 0.3 is 5.97 Å². The zero-order valence-corrected chi connectivity index (χ0v) is 13.9. The van der Waals surface area contributed by atoms with Crippen LogP contribution in [0.1, 0.15) is 39.3 Å². The van der Waals surface area contributed by atoms with Crippen LogP contribution in [0.5, 0.6) is 0 Å². The number of aliphatic carboxylic acids is 1. The summed E-state index contributed by atoms with van der Waals surface area (Å²) in [6.45, 7) is 7.27. The van der Waals surface area contributed by atoms with E-state index in [1.165, 1.54) is 11.0 Å². The Morgan fingerprint density at radius 2 is 2.08 bits per heavy atom. The van der Waals surface area contributed by atoms with Gasteiger partial charge < -0.3 is 10.4 Å². The van der Waals surface area contributed by atoms with Gasteiger partial charge in [0.25, 0.3) is 5.78 Å². The number of rotatable bonds is 5. The second kappa shape index (κ2) is 5.59. The molecule has 3 rings (SSSR count). The van der Waals surface area contributed by atoms with Crippen LogP contribution >= 0.6 is 0 Å². The molecule has 2 N–H and O–H groups in total. The third kappa shape index (κ3) is 2.68. The molecule has 24 heavy (non-hydrogen) atoms. The number of aromatic nitrogens is 6. The fourth-order valence-electron chi connectivity index (χ4n) is 2.15. The highest BCUT2D eigenvalue weighted by Crippen LogP contribution is 2.23. The minimum absolute atomic E-state index is 0.237. The summed E-state index contributed by atoms with van der Waals surface area (Å²) in [6, 6.07) is 1.89. The fourth-order valence-corrected chi connectivity index (χ4v) is 2.15. The van der Waals surface area contributed by atoms with Gasteiger partial charge in [-0.05, 0) is 19.8 Å². The van der Waals surface area contributed by atoms with E-state index in [2.05, 4.69) is 25.5 Å². The number of nitrogens with zero attached hydrogens (tertiary/aromatic N) is 6. The average molecular weight is 329 g/mol. The van der Waals surface area contributed by atoms with Crippen molar-refractivity contribution in [3.8, 4) is 0 Å². The lowest BCUT2D eigenvalue weighted by atomic mass is 10.1. The van der Waals surface area contributed by atoms with Gasteiger partial charge in [0.2, 0.25) is 0 Å². The predicted octanol–water partition coefficient (Wildman–Crippen LogP) is 2.01. The Hall–Kier alpha value is -2.97. The molecule has 0 radical (unpaired) electrons. The van der Waals surface area contributed by atoms with E-state index >= 15 is 0 Å². The fraction of sp³-hybridized carbons (Fsp3) is 0.400. The van der Waals surface area contributed by atoms with E-state index in [0.29, 0.717) is 17.3 Å². The molecule has 0 aliphatic carbocycles. The molecule has 0 saturated heterocycles. The van der Waals surface area contributed by atoms with Crippen molar-refractivity contribution in [1.82, 2.24) is 29.4 Å². The maximum absolute atomic E-state index is 11.3. The Balaban J connectivity index is 1.97. The number of fused-ring (bicyclic) bond motifs is 1. The number of carboxylic acid groups (broad SMARTS) is 1. The molecule has 0 aromatic carbocycles. The first-order valence-corrected chi connectivity index (χ1v) is 7.55. The van der Waals surface area contributed by atoms with Gasteiger partial charge in [-0.2, -0.15) is 19.7 Å². The van der Waals surface area contributed by atoms with E-state index in [1.807, 2.05) is 19.9 Å². The summed E-state index contributed by atoms with van der Waals surface area (Å²) in [6.07, 6.45) is 4.66. The average Bonchev–Trinajstić information content (AvgIpc) is 3.15. The van der Waals surface area contributed by atoms with Gasteiger partial charge in [0, 0.05) is 12.3 Å². The van der Waals surface area contributed by atoms with Crippen molar-refractivity contribution in [3.63, 3.8) is 0 Å². The highest BCUT2D eigenvalue weighted by Gasteiger charge is 2.30. The van der Waals surface area contributed by atoms with E-state index in [0.717, 1.165) is 5.69 Å². The minimum atomic E-state index is -1.14. The summed E-state index contributed by atoms with van der Waals surface area (Å²) in [7, 11) is 0. The standard InChI is InChI=1S/C15H19N7O2/c1-9(2)11-5-12(22-14(20-11)16-8-18-22)19-10-6-17-21(7-10)15(3,4)13(23)24/h5-9,19H,1-4H3,(H,23,24). The van der Waals surface area contributed by atoms with Crippen LogP contribution in [0.3, 0.4) is 0 Å². The predicted molar refractivity (Wildman–Crippen MR) is 87.3 cm³/mol. The van der Waals surface area contributed by atoms with Crippen molar-refractivity contribution >= 4 is 23.3 Å². The van der Waals surface area contributed by atoms with E-state index in [4.69, 9.17) is 0 Å². The number of anilines is 2. The largest absolute Gasteiger partial charge is 0.479 e. The zero-order valence-electron chi connectivity index (χ0n) is 13.9. The summed E-state index contributed by atoms with van der Waals surface area (Å²) < 4.78 is 2.99. The molecule has 0 fully saturated rings. The molecule has 126 valence electrons. The molecule has 0 atom stereocenters. The Labute approximate surface area is 138 Å². The first kappa shape index (κ1) is 15.9. The Kier molecular flexibility index (Phi) is 3.70. The van der Waals surface area contributed by atoms with Crippen molar-refractivity contribution in [3.05, 3.63) is 30.5 Å². The van der Waals surface area contributed by atoms with Gasteiger partial charge in [-0.3, -0.25) is 4.68 Å². The van der Waals surface area contributed by atoms with E-state index in [9.17, 15) is 9.90 Å². The topological polar surface area (TPSA) is 110 Å². The molecule has 9 heteroatoms. The van der Waals surface area contributed by atoms with Crippen LogP contribution in [0.4, 0.5) is 11.5 Å². The van der Waals surface area contributed by atoms with Crippen LogP contribution in [-0.4, -0.2) is 40.4 Å². The molecule has 0 spiro atoms. The molecular formula is C15H19N7O2. The second-order valence-corrected chi connectivity index (χ2v) is 6.36. The van der Waals surface area contributed by atoms with E-state index < -0.39 is 11.5 Å². The molecule has 0 amide bonds. The summed E-state index contributed by atoms with van der Waals surface area (Å²) in [5.41, 5.74) is 0.405. The van der Waals surface area contributed by atoms with Crippen LogP contribution in [0.2, 0.25) is 0 Å². The lowest BCUT2D eigenvalue weighted by Crippen LogP contribution is -2.35. The van der Waals surface area contributed by atoms with Gasteiger partial charge in [0.1, 0.15) is 12.1 Å². The van der Waals surface area contributed by atoms with Gasteiger partial charge in [0.15, 0.2) is 5.54 Å². The molecule has 3 aromatic rings. The monoisotopic (exact) mass is 329 g/mol. The molecule has 0 aliphatic heterocycles. The molecule has 0 bridgehead atoms. The number of hydrogen-bond donors (Lipinski definition) is 2. The molecule has 0 unspecified atom stereocenters. The molecular weight excluding hydrogens is 310 g/mol. The molecule has 0 aliphatic rings. The molecule has 3 aromatic heterocycles. The summed E-state index contributed by atoms with van der Waals surface area (Å²) in [5.74, 6) is 0.471. The summed E-state index contributed by atoms with van der Waals surface area (Å²) in [5, 5.41) is 20.8. The van der Waals surface area contributed by atoms with Crippen molar-refractivity contribution < 1.29 is 9.90 Å². The maximum Gasteiger partial charge on any atom is 0.331 e. The van der Waals surface area contributed by atoms with E-state index in [-0.39, 0.29) is 5.92 Å². The number of carboxylic acids is 1. The van der Waals surface area contributed by atoms with Crippen molar-refractivity contribution in [2.75, 3.05) is 5.32 Å².